The predicted octanol–water partition coefficient (Wildman–Crippen LogP) is 13.3. The number of benzene rings is 8. The molecule has 0 amide bonds. The van der Waals surface area contributed by atoms with E-state index in [-0.39, 0.29) is 5.41 Å². The molecule has 0 N–H and O–H groups in total. The summed E-state index contributed by atoms with van der Waals surface area (Å²) in [5.74, 6) is 0. The largest absolute Gasteiger partial charge is 0.337 e. The first-order chi connectivity index (χ1) is 24.5. The second kappa shape index (κ2) is 11.9. The maximum atomic E-state index is 2.52. The van der Waals surface area contributed by atoms with Crippen LogP contribution in [-0.2, 0) is 12.0 Å². The molecule has 0 saturated carbocycles. The van der Waals surface area contributed by atoms with Crippen molar-refractivity contribution < 1.29 is 0 Å². The molecule has 0 saturated heterocycles. The van der Waals surface area contributed by atoms with Crippen molar-refractivity contribution in [3.63, 3.8) is 0 Å². The average molecular weight is 642 g/mol. The second-order valence-electron chi connectivity index (χ2n) is 14.2. The summed E-state index contributed by atoms with van der Waals surface area (Å²) in [6, 6.07) is 62.7. The quantitative estimate of drug-likeness (QED) is 0.163. The van der Waals surface area contributed by atoms with E-state index in [0.717, 1.165) is 6.54 Å². The van der Waals surface area contributed by atoms with Crippen LogP contribution in [0.15, 0.2) is 170 Å². The van der Waals surface area contributed by atoms with Crippen LogP contribution in [0.4, 0.5) is 11.4 Å². The minimum Gasteiger partial charge on any atom is -0.337 e. The van der Waals surface area contributed by atoms with Crippen LogP contribution in [0.3, 0.4) is 0 Å². The highest BCUT2D eigenvalue weighted by Crippen LogP contribution is 2.53. The van der Waals surface area contributed by atoms with Crippen LogP contribution in [0.5, 0.6) is 0 Å². The lowest BCUT2D eigenvalue weighted by Gasteiger charge is -2.26. The first-order valence-corrected chi connectivity index (χ1v) is 17.6. The number of rotatable bonds is 6. The molecule has 1 aliphatic carbocycles. The molecule has 0 spiro atoms. The van der Waals surface area contributed by atoms with Gasteiger partial charge in [-0.3, -0.25) is 0 Å². The summed E-state index contributed by atoms with van der Waals surface area (Å²) in [4.78, 5) is 2.41. The second-order valence-corrected chi connectivity index (χ2v) is 14.2. The van der Waals surface area contributed by atoms with Gasteiger partial charge < -0.3 is 4.90 Å². The topological polar surface area (TPSA) is 3.24 Å². The molecule has 8 aromatic carbocycles. The molecule has 240 valence electrons. The van der Waals surface area contributed by atoms with Gasteiger partial charge in [-0.2, -0.15) is 0 Å². The Balaban J connectivity index is 1.31. The number of hydrogen-bond donors (Lipinski definition) is 0. The summed E-state index contributed by atoms with van der Waals surface area (Å²) in [6.07, 6.45) is 0. The van der Waals surface area contributed by atoms with Crippen LogP contribution < -0.4 is 4.90 Å². The predicted molar refractivity (Wildman–Crippen MR) is 213 cm³/mol. The third-order valence-electron chi connectivity index (χ3n) is 10.8. The lowest BCUT2D eigenvalue weighted by Crippen LogP contribution is -2.16. The normalized spacial score (nSPS) is 12.9. The molecule has 0 aromatic heterocycles. The highest BCUT2D eigenvalue weighted by molar-refractivity contribution is 6.22. The number of para-hydroxylation sites is 2. The van der Waals surface area contributed by atoms with E-state index in [1.807, 2.05) is 0 Å². The van der Waals surface area contributed by atoms with Crippen molar-refractivity contribution in [3.05, 3.63) is 192 Å². The first-order valence-electron chi connectivity index (χ1n) is 17.6. The van der Waals surface area contributed by atoms with Crippen LogP contribution in [0.25, 0.3) is 54.9 Å². The van der Waals surface area contributed by atoms with E-state index in [9.17, 15) is 0 Å². The Morgan fingerprint density at radius 1 is 0.440 bits per heavy atom. The Bertz CT molecular complexity index is 2490. The third-order valence-corrected chi connectivity index (χ3v) is 10.8. The molecule has 0 fully saturated rings. The fourth-order valence-electron chi connectivity index (χ4n) is 8.27. The monoisotopic (exact) mass is 641 g/mol. The van der Waals surface area contributed by atoms with Gasteiger partial charge in [0.2, 0.25) is 0 Å². The molecule has 50 heavy (non-hydrogen) atoms. The highest BCUT2D eigenvalue weighted by Gasteiger charge is 2.36. The molecule has 1 nitrogen and oxygen atoms in total. The van der Waals surface area contributed by atoms with Crippen molar-refractivity contribution in [2.45, 2.75) is 32.7 Å². The molecule has 0 unspecified atom stereocenters. The van der Waals surface area contributed by atoms with Gasteiger partial charge in [0, 0.05) is 23.3 Å². The maximum absolute atomic E-state index is 2.52. The van der Waals surface area contributed by atoms with E-state index < -0.39 is 0 Å². The first kappa shape index (κ1) is 30.2. The fourth-order valence-corrected chi connectivity index (χ4v) is 8.27. The zero-order valence-corrected chi connectivity index (χ0v) is 28.8. The van der Waals surface area contributed by atoms with Gasteiger partial charge in [-0.1, -0.05) is 147 Å². The van der Waals surface area contributed by atoms with Crippen LogP contribution >= 0.6 is 0 Å². The SMILES string of the molecule is Cc1ccc(-c2c3ccccc3c(-c3cccc(CN(c4ccccc4)c4ccccc4)c3)c3cc4c(cc23)-c2ccccc2C4(C)C)cc1. The molecule has 0 heterocycles. The van der Waals surface area contributed by atoms with Crippen LogP contribution in [-0.4, -0.2) is 0 Å². The Morgan fingerprint density at radius 2 is 1.02 bits per heavy atom. The van der Waals surface area contributed by atoms with Gasteiger partial charge in [0.1, 0.15) is 0 Å². The molecule has 9 rings (SSSR count). The Morgan fingerprint density at radius 3 is 1.70 bits per heavy atom. The molecular formula is C49H39N. The lowest BCUT2D eigenvalue weighted by atomic mass is 9.79. The van der Waals surface area contributed by atoms with Gasteiger partial charge in [0.25, 0.3) is 0 Å². The smallest absolute Gasteiger partial charge is 0.0481 e. The van der Waals surface area contributed by atoms with Crippen LogP contribution in [0, 0.1) is 6.92 Å². The summed E-state index contributed by atoms with van der Waals surface area (Å²) >= 11 is 0. The molecular weight excluding hydrogens is 603 g/mol. The average Bonchev–Trinajstić information content (AvgIpc) is 3.38. The molecule has 8 aromatic rings. The number of fused-ring (bicyclic) bond motifs is 5. The Labute approximate surface area is 295 Å². The van der Waals surface area contributed by atoms with Crippen molar-refractivity contribution in [3.8, 4) is 33.4 Å². The van der Waals surface area contributed by atoms with E-state index in [4.69, 9.17) is 0 Å². The van der Waals surface area contributed by atoms with Gasteiger partial charge in [0.05, 0.1) is 0 Å². The third kappa shape index (κ3) is 4.92. The van der Waals surface area contributed by atoms with E-state index in [2.05, 4.69) is 196 Å². The number of anilines is 2. The molecule has 0 radical (unpaired) electrons. The van der Waals surface area contributed by atoms with Gasteiger partial charge in [-0.25, -0.2) is 0 Å². The van der Waals surface area contributed by atoms with E-state index in [1.54, 1.807) is 0 Å². The highest BCUT2D eigenvalue weighted by atomic mass is 15.1. The minimum atomic E-state index is -0.0965. The lowest BCUT2D eigenvalue weighted by molar-refractivity contribution is 0.661. The summed E-state index contributed by atoms with van der Waals surface area (Å²) in [6.45, 7) is 7.69. The summed E-state index contributed by atoms with van der Waals surface area (Å²) in [7, 11) is 0. The van der Waals surface area contributed by atoms with E-state index in [1.165, 1.54) is 88.6 Å². The number of hydrogen-bond acceptors (Lipinski definition) is 1. The summed E-state index contributed by atoms with van der Waals surface area (Å²) < 4.78 is 0. The number of aryl methyl sites for hydroxylation is 1. The van der Waals surface area contributed by atoms with E-state index in [0.29, 0.717) is 0 Å². The maximum Gasteiger partial charge on any atom is 0.0481 e. The van der Waals surface area contributed by atoms with Crippen LogP contribution in [0.1, 0.15) is 36.1 Å². The summed E-state index contributed by atoms with van der Waals surface area (Å²) in [5.41, 5.74) is 15.4. The Kier molecular flexibility index (Phi) is 7.18. The molecule has 0 bridgehead atoms. The molecule has 1 heteroatoms. The summed E-state index contributed by atoms with van der Waals surface area (Å²) in [5, 5.41) is 5.17. The van der Waals surface area contributed by atoms with Crippen molar-refractivity contribution >= 4 is 32.9 Å². The van der Waals surface area contributed by atoms with Crippen LogP contribution in [0.2, 0.25) is 0 Å². The van der Waals surface area contributed by atoms with Crippen molar-refractivity contribution in [2.24, 2.45) is 0 Å². The standard InChI is InChI=1S/C49H39N/c1-33-25-27-35(28-26-33)47-40-22-10-11-23-41(40)48(44-31-46-42(30-43(44)47)39-21-12-13-24-45(39)49(46,2)3)36-16-14-15-34(29-36)32-50(37-17-6-4-7-18-37)38-19-8-5-9-20-38/h4-31H,32H2,1-3H3. The molecule has 0 aliphatic heterocycles. The number of nitrogens with zero attached hydrogens (tertiary/aromatic N) is 1. The fraction of sp³-hybridized carbons (Fsp3) is 0.102. The van der Waals surface area contributed by atoms with Gasteiger partial charge >= 0.3 is 0 Å². The zero-order chi connectivity index (χ0) is 33.8. The van der Waals surface area contributed by atoms with Gasteiger partial charge in [-0.05, 0) is 121 Å². The van der Waals surface area contributed by atoms with Crippen molar-refractivity contribution in [1.82, 2.24) is 0 Å². The van der Waals surface area contributed by atoms with Gasteiger partial charge in [0.15, 0.2) is 0 Å². The van der Waals surface area contributed by atoms with Crippen molar-refractivity contribution in [1.29, 1.82) is 0 Å². The molecule has 0 atom stereocenters. The van der Waals surface area contributed by atoms with Crippen molar-refractivity contribution in [2.75, 3.05) is 4.90 Å². The van der Waals surface area contributed by atoms with Gasteiger partial charge in [-0.15, -0.1) is 0 Å². The molecule has 1 aliphatic rings. The van der Waals surface area contributed by atoms with E-state index >= 15 is 0 Å². The Hall–Kier alpha value is -5.92. The zero-order valence-electron chi connectivity index (χ0n) is 28.8. The minimum absolute atomic E-state index is 0.0965.